The van der Waals surface area contributed by atoms with Gasteiger partial charge in [-0.15, -0.1) is 0 Å². The molecule has 2 heterocycles. The van der Waals surface area contributed by atoms with Crippen LogP contribution in [0.25, 0.3) is 21.8 Å². The number of aromatic nitrogens is 2. The van der Waals surface area contributed by atoms with Crippen LogP contribution in [0.15, 0.2) is 29.1 Å². The summed E-state index contributed by atoms with van der Waals surface area (Å²) >= 11 is 0. The second-order valence-corrected chi connectivity index (χ2v) is 4.46. The average molecular weight is 242 g/mol. The molecule has 0 spiro atoms. The number of aromatic amines is 1. The van der Waals surface area contributed by atoms with Gasteiger partial charge in [0.05, 0.1) is 12.6 Å². The molecule has 0 bridgehead atoms. The topological polar surface area (TPSA) is 47.0 Å². The van der Waals surface area contributed by atoms with Gasteiger partial charge < -0.3 is 14.3 Å². The first-order chi connectivity index (χ1) is 8.61. The van der Waals surface area contributed by atoms with E-state index in [4.69, 9.17) is 4.74 Å². The lowest BCUT2D eigenvalue weighted by molar-refractivity contribution is 0.415. The third-order valence-corrected chi connectivity index (χ3v) is 3.39. The minimum Gasteiger partial charge on any atom is -0.497 e. The van der Waals surface area contributed by atoms with E-state index in [1.54, 1.807) is 13.2 Å². The van der Waals surface area contributed by atoms with Crippen LogP contribution in [0.1, 0.15) is 5.69 Å². The number of pyridine rings is 1. The van der Waals surface area contributed by atoms with Crippen LogP contribution in [-0.4, -0.2) is 16.7 Å². The highest BCUT2D eigenvalue weighted by molar-refractivity contribution is 6.08. The van der Waals surface area contributed by atoms with E-state index in [1.807, 2.05) is 32.2 Å². The van der Waals surface area contributed by atoms with Gasteiger partial charge in [0.1, 0.15) is 5.75 Å². The lowest BCUT2D eigenvalue weighted by Gasteiger charge is -2.01. The van der Waals surface area contributed by atoms with E-state index in [9.17, 15) is 4.79 Å². The number of fused-ring (bicyclic) bond motifs is 3. The summed E-state index contributed by atoms with van der Waals surface area (Å²) in [6, 6.07) is 7.55. The number of benzene rings is 1. The minimum absolute atomic E-state index is 0.0738. The largest absolute Gasteiger partial charge is 0.497 e. The predicted octanol–water partition coefficient (Wildman–Crippen LogP) is 2.34. The van der Waals surface area contributed by atoms with Crippen molar-refractivity contribution in [3.63, 3.8) is 0 Å². The van der Waals surface area contributed by atoms with Crippen molar-refractivity contribution < 1.29 is 4.74 Å². The molecule has 0 atom stereocenters. The number of rotatable bonds is 1. The Morgan fingerprint density at radius 3 is 2.72 bits per heavy atom. The molecule has 2 aromatic heterocycles. The zero-order valence-electron chi connectivity index (χ0n) is 10.6. The second kappa shape index (κ2) is 3.63. The molecule has 0 fully saturated rings. The molecule has 0 aliphatic carbocycles. The summed E-state index contributed by atoms with van der Waals surface area (Å²) in [5, 5.41) is 2.01. The molecule has 0 amide bonds. The minimum atomic E-state index is -0.0738. The average Bonchev–Trinajstić information content (AvgIpc) is 2.62. The van der Waals surface area contributed by atoms with Crippen molar-refractivity contribution in [1.82, 2.24) is 9.55 Å². The summed E-state index contributed by atoms with van der Waals surface area (Å²) in [5.74, 6) is 0.799. The Kier molecular flexibility index (Phi) is 2.20. The maximum absolute atomic E-state index is 11.6. The van der Waals surface area contributed by atoms with E-state index in [0.717, 1.165) is 33.2 Å². The molecule has 0 aliphatic heterocycles. The summed E-state index contributed by atoms with van der Waals surface area (Å²) < 4.78 is 7.34. The van der Waals surface area contributed by atoms with Crippen LogP contribution in [0.3, 0.4) is 0 Å². The fourth-order valence-electron chi connectivity index (χ4n) is 2.59. The highest BCUT2D eigenvalue weighted by Gasteiger charge is 2.11. The van der Waals surface area contributed by atoms with Gasteiger partial charge in [-0.2, -0.15) is 0 Å². The molecule has 1 N–H and O–H groups in total. The fourth-order valence-corrected chi connectivity index (χ4v) is 2.59. The maximum atomic E-state index is 11.6. The van der Waals surface area contributed by atoms with Crippen molar-refractivity contribution in [2.75, 3.05) is 7.11 Å². The van der Waals surface area contributed by atoms with Gasteiger partial charge in [0, 0.05) is 35.1 Å². The zero-order chi connectivity index (χ0) is 12.9. The Labute approximate surface area is 104 Å². The molecule has 4 heteroatoms. The van der Waals surface area contributed by atoms with Gasteiger partial charge >= 0.3 is 0 Å². The Balaban J connectivity index is 2.59. The van der Waals surface area contributed by atoms with Crippen LogP contribution < -0.4 is 10.3 Å². The van der Waals surface area contributed by atoms with Gasteiger partial charge in [-0.1, -0.05) is 0 Å². The third-order valence-electron chi connectivity index (χ3n) is 3.39. The van der Waals surface area contributed by atoms with E-state index >= 15 is 0 Å². The normalized spacial score (nSPS) is 11.3. The Hall–Kier alpha value is -2.23. The number of hydrogen-bond donors (Lipinski definition) is 1. The standard InChI is InChI=1S/C14H14N2O2/c1-8-14-11(7-13(17)15-8)10-6-9(18-3)4-5-12(10)16(14)2/h4-7H,1-3H3,(H,15,17). The predicted molar refractivity (Wildman–Crippen MR) is 72.3 cm³/mol. The fraction of sp³-hybridized carbons (Fsp3) is 0.214. The monoisotopic (exact) mass is 242 g/mol. The van der Waals surface area contributed by atoms with Gasteiger partial charge in [-0.05, 0) is 25.1 Å². The number of ether oxygens (including phenoxy) is 1. The molecule has 0 saturated carbocycles. The lowest BCUT2D eigenvalue weighted by Crippen LogP contribution is -2.06. The molecule has 0 saturated heterocycles. The van der Waals surface area contributed by atoms with E-state index in [2.05, 4.69) is 9.55 Å². The van der Waals surface area contributed by atoms with Gasteiger partial charge in [0.15, 0.2) is 0 Å². The van der Waals surface area contributed by atoms with Crippen LogP contribution in [-0.2, 0) is 7.05 Å². The van der Waals surface area contributed by atoms with Crippen LogP contribution >= 0.6 is 0 Å². The van der Waals surface area contributed by atoms with Gasteiger partial charge in [-0.25, -0.2) is 0 Å². The maximum Gasteiger partial charge on any atom is 0.248 e. The van der Waals surface area contributed by atoms with Crippen molar-refractivity contribution in [1.29, 1.82) is 0 Å². The second-order valence-electron chi connectivity index (χ2n) is 4.46. The first-order valence-corrected chi connectivity index (χ1v) is 5.78. The number of H-pyrrole nitrogens is 1. The number of nitrogens with one attached hydrogen (secondary N) is 1. The van der Waals surface area contributed by atoms with Crippen LogP contribution in [0.4, 0.5) is 0 Å². The SMILES string of the molecule is COc1ccc2c(c1)c1cc(=O)[nH]c(C)c1n2C. The number of hydrogen-bond acceptors (Lipinski definition) is 2. The van der Waals surface area contributed by atoms with Gasteiger partial charge in [0.25, 0.3) is 0 Å². The Bertz CT molecular complexity index is 812. The van der Waals surface area contributed by atoms with Crippen LogP contribution in [0.2, 0.25) is 0 Å². The summed E-state index contributed by atoms with van der Waals surface area (Å²) in [6.45, 7) is 1.92. The molecule has 18 heavy (non-hydrogen) atoms. The van der Waals surface area contributed by atoms with Crippen LogP contribution in [0.5, 0.6) is 5.75 Å². The molecule has 4 nitrogen and oxygen atoms in total. The molecule has 0 radical (unpaired) electrons. The first kappa shape index (κ1) is 10.9. The molecule has 0 unspecified atom stereocenters. The van der Waals surface area contributed by atoms with E-state index < -0.39 is 0 Å². The zero-order valence-corrected chi connectivity index (χ0v) is 10.6. The summed E-state index contributed by atoms with van der Waals surface area (Å²) in [6.07, 6.45) is 0. The van der Waals surface area contributed by atoms with Crippen molar-refractivity contribution >= 4 is 21.8 Å². The molecule has 0 aliphatic rings. The highest BCUT2D eigenvalue weighted by atomic mass is 16.5. The Morgan fingerprint density at radius 2 is 2.00 bits per heavy atom. The van der Waals surface area contributed by atoms with E-state index in [1.165, 1.54) is 0 Å². The molecule has 92 valence electrons. The van der Waals surface area contributed by atoms with Crippen molar-refractivity contribution in [2.45, 2.75) is 6.92 Å². The van der Waals surface area contributed by atoms with Crippen molar-refractivity contribution in [2.24, 2.45) is 7.05 Å². The highest BCUT2D eigenvalue weighted by Crippen LogP contribution is 2.30. The van der Waals surface area contributed by atoms with E-state index in [-0.39, 0.29) is 5.56 Å². The van der Waals surface area contributed by atoms with Crippen molar-refractivity contribution in [3.05, 3.63) is 40.3 Å². The number of aryl methyl sites for hydroxylation is 2. The lowest BCUT2D eigenvalue weighted by atomic mass is 10.1. The molecule has 3 aromatic rings. The van der Waals surface area contributed by atoms with E-state index in [0.29, 0.717) is 0 Å². The number of methoxy groups -OCH3 is 1. The van der Waals surface area contributed by atoms with Gasteiger partial charge in [0.2, 0.25) is 5.56 Å². The van der Waals surface area contributed by atoms with Crippen LogP contribution in [0, 0.1) is 6.92 Å². The van der Waals surface area contributed by atoms with Gasteiger partial charge in [-0.3, -0.25) is 4.79 Å². The third kappa shape index (κ3) is 1.35. The van der Waals surface area contributed by atoms with Crippen molar-refractivity contribution in [3.8, 4) is 5.75 Å². The molecular weight excluding hydrogens is 228 g/mol. The molecule has 1 aromatic carbocycles. The molecular formula is C14H14N2O2. The summed E-state index contributed by atoms with van der Waals surface area (Å²) in [4.78, 5) is 14.5. The summed E-state index contributed by atoms with van der Waals surface area (Å²) in [7, 11) is 3.65. The molecule has 3 rings (SSSR count). The first-order valence-electron chi connectivity index (χ1n) is 5.78. The smallest absolute Gasteiger partial charge is 0.248 e. The number of nitrogens with zero attached hydrogens (tertiary/aromatic N) is 1. The quantitative estimate of drug-likeness (QED) is 0.712. The summed E-state index contributed by atoms with van der Waals surface area (Å²) in [5.41, 5.74) is 2.95. The Morgan fingerprint density at radius 1 is 1.22 bits per heavy atom.